The van der Waals surface area contributed by atoms with Gasteiger partial charge in [-0.2, -0.15) is 0 Å². The molecule has 2 aromatic rings. The van der Waals surface area contributed by atoms with Gasteiger partial charge in [0.2, 0.25) is 0 Å². The van der Waals surface area contributed by atoms with Crippen molar-refractivity contribution >= 4 is 23.2 Å². The van der Waals surface area contributed by atoms with Crippen LogP contribution in [0, 0.1) is 0 Å². The number of thiazole rings is 1. The Hall–Kier alpha value is -2.21. The first-order chi connectivity index (χ1) is 10.8. The van der Waals surface area contributed by atoms with Crippen LogP contribution in [0.15, 0.2) is 29.6 Å². The summed E-state index contributed by atoms with van der Waals surface area (Å²) in [5.41, 5.74) is 6.79. The van der Waals surface area contributed by atoms with Crippen molar-refractivity contribution in [3.8, 4) is 10.6 Å². The highest BCUT2D eigenvalue weighted by atomic mass is 32.1. The fraction of sp³-hybridized carbons (Fsp3) is 0.353. The SMILES string of the molecule is CC(C)N(C(=O)c1ccccc1-c1nc(C(N)=O)cs1)C(C)C. The van der Waals surface area contributed by atoms with Crippen molar-refractivity contribution in [1.82, 2.24) is 9.88 Å². The van der Waals surface area contributed by atoms with Crippen LogP contribution >= 0.6 is 11.3 Å². The Morgan fingerprint density at radius 1 is 1.13 bits per heavy atom. The molecule has 1 aromatic carbocycles. The molecule has 5 nitrogen and oxygen atoms in total. The van der Waals surface area contributed by atoms with Crippen LogP contribution in [0.4, 0.5) is 0 Å². The molecule has 2 rings (SSSR count). The number of benzene rings is 1. The van der Waals surface area contributed by atoms with Gasteiger partial charge in [0.1, 0.15) is 10.7 Å². The van der Waals surface area contributed by atoms with E-state index in [0.717, 1.165) is 5.56 Å². The maximum absolute atomic E-state index is 13.0. The highest BCUT2D eigenvalue weighted by Gasteiger charge is 2.24. The van der Waals surface area contributed by atoms with Gasteiger partial charge in [-0.15, -0.1) is 11.3 Å². The van der Waals surface area contributed by atoms with Crippen molar-refractivity contribution in [1.29, 1.82) is 0 Å². The third kappa shape index (κ3) is 3.59. The standard InChI is InChI=1S/C17H21N3O2S/c1-10(2)20(11(3)4)17(22)13-8-6-5-7-12(13)16-19-14(9-23-16)15(18)21/h5-11H,1-4H3,(H2,18,21). The Kier molecular flexibility index (Phi) is 5.15. The molecule has 1 aromatic heterocycles. The number of nitrogens with zero attached hydrogens (tertiary/aromatic N) is 2. The first kappa shape index (κ1) is 17.1. The van der Waals surface area contributed by atoms with E-state index in [9.17, 15) is 9.59 Å². The summed E-state index contributed by atoms with van der Waals surface area (Å²) in [5.74, 6) is -0.608. The molecule has 1 heterocycles. The summed E-state index contributed by atoms with van der Waals surface area (Å²) in [7, 11) is 0. The topological polar surface area (TPSA) is 76.3 Å². The molecule has 23 heavy (non-hydrogen) atoms. The molecule has 0 aliphatic heterocycles. The molecule has 122 valence electrons. The van der Waals surface area contributed by atoms with E-state index in [1.807, 2.05) is 50.8 Å². The molecule has 0 radical (unpaired) electrons. The van der Waals surface area contributed by atoms with Crippen molar-refractivity contribution in [2.75, 3.05) is 0 Å². The summed E-state index contributed by atoms with van der Waals surface area (Å²) >= 11 is 1.31. The predicted molar refractivity (Wildman–Crippen MR) is 92.5 cm³/mol. The van der Waals surface area contributed by atoms with Crippen molar-refractivity contribution in [3.05, 3.63) is 40.9 Å². The Morgan fingerprint density at radius 2 is 1.74 bits per heavy atom. The van der Waals surface area contributed by atoms with E-state index < -0.39 is 5.91 Å². The molecule has 0 bridgehead atoms. The molecular weight excluding hydrogens is 310 g/mol. The highest BCUT2D eigenvalue weighted by molar-refractivity contribution is 7.13. The summed E-state index contributed by atoms with van der Waals surface area (Å²) in [6, 6.07) is 7.50. The number of aromatic nitrogens is 1. The number of amides is 2. The van der Waals surface area contributed by atoms with Crippen molar-refractivity contribution in [2.45, 2.75) is 39.8 Å². The van der Waals surface area contributed by atoms with Crippen LogP contribution in [-0.2, 0) is 0 Å². The van der Waals surface area contributed by atoms with Gasteiger partial charge in [-0.05, 0) is 33.8 Å². The second kappa shape index (κ2) is 6.91. The maximum Gasteiger partial charge on any atom is 0.268 e. The number of rotatable bonds is 5. The van der Waals surface area contributed by atoms with Crippen molar-refractivity contribution in [3.63, 3.8) is 0 Å². The van der Waals surface area contributed by atoms with Crippen LogP contribution in [0.25, 0.3) is 10.6 Å². The van der Waals surface area contributed by atoms with E-state index in [4.69, 9.17) is 5.73 Å². The minimum atomic E-state index is -0.567. The lowest BCUT2D eigenvalue weighted by Gasteiger charge is -2.31. The number of hydrogen-bond donors (Lipinski definition) is 1. The minimum Gasteiger partial charge on any atom is -0.364 e. The Morgan fingerprint density at radius 3 is 2.26 bits per heavy atom. The lowest BCUT2D eigenvalue weighted by atomic mass is 10.0. The van der Waals surface area contributed by atoms with E-state index in [0.29, 0.717) is 10.6 Å². The molecule has 2 amide bonds. The number of nitrogens with two attached hydrogens (primary N) is 1. The first-order valence-electron chi connectivity index (χ1n) is 7.50. The molecule has 0 fully saturated rings. The van der Waals surface area contributed by atoms with E-state index in [1.54, 1.807) is 11.4 Å². The number of hydrogen-bond acceptors (Lipinski definition) is 4. The predicted octanol–water partition coefficient (Wildman–Crippen LogP) is 3.17. The zero-order chi connectivity index (χ0) is 17.1. The normalized spacial score (nSPS) is 11.0. The van der Waals surface area contributed by atoms with Gasteiger partial charge in [-0.25, -0.2) is 4.98 Å². The lowest BCUT2D eigenvalue weighted by molar-refractivity contribution is 0.0644. The molecule has 0 unspecified atom stereocenters. The summed E-state index contributed by atoms with van der Waals surface area (Å²) in [6.45, 7) is 7.98. The van der Waals surface area contributed by atoms with Crippen LogP contribution in [0.1, 0.15) is 48.5 Å². The molecule has 0 atom stereocenters. The molecule has 6 heteroatoms. The summed E-state index contributed by atoms with van der Waals surface area (Å²) in [5, 5.41) is 2.23. The van der Waals surface area contributed by atoms with E-state index in [2.05, 4.69) is 4.98 Å². The van der Waals surface area contributed by atoms with Gasteiger partial charge in [-0.3, -0.25) is 9.59 Å². The highest BCUT2D eigenvalue weighted by Crippen LogP contribution is 2.28. The quantitative estimate of drug-likeness (QED) is 0.914. The second-order valence-electron chi connectivity index (χ2n) is 5.85. The van der Waals surface area contributed by atoms with Crippen molar-refractivity contribution in [2.24, 2.45) is 5.73 Å². The zero-order valence-corrected chi connectivity index (χ0v) is 14.6. The molecule has 0 saturated carbocycles. The maximum atomic E-state index is 13.0. The van der Waals surface area contributed by atoms with Gasteiger partial charge >= 0.3 is 0 Å². The van der Waals surface area contributed by atoms with Gasteiger partial charge in [-0.1, -0.05) is 18.2 Å². The Labute approximate surface area is 140 Å². The summed E-state index contributed by atoms with van der Waals surface area (Å²) in [6.07, 6.45) is 0. The van der Waals surface area contributed by atoms with Crippen LogP contribution in [-0.4, -0.2) is 33.8 Å². The van der Waals surface area contributed by atoms with Crippen molar-refractivity contribution < 1.29 is 9.59 Å². The third-order valence-corrected chi connectivity index (χ3v) is 4.37. The van der Waals surface area contributed by atoms with Crippen LogP contribution in [0.5, 0.6) is 0 Å². The number of primary amides is 1. The number of carbonyl (C=O) groups excluding carboxylic acids is 2. The summed E-state index contributed by atoms with van der Waals surface area (Å²) < 4.78 is 0. The molecular formula is C17H21N3O2S. The Bertz CT molecular complexity index is 714. The van der Waals surface area contributed by atoms with E-state index in [1.165, 1.54) is 11.3 Å². The van der Waals surface area contributed by atoms with Gasteiger partial charge in [0, 0.05) is 28.6 Å². The van der Waals surface area contributed by atoms with Gasteiger partial charge < -0.3 is 10.6 Å². The lowest BCUT2D eigenvalue weighted by Crippen LogP contribution is -2.42. The van der Waals surface area contributed by atoms with Crippen LogP contribution < -0.4 is 5.73 Å². The fourth-order valence-corrected chi connectivity index (χ4v) is 3.42. The monoisotopic (exact) mass is 331 g/mol. The third-order valence-electron chi connectivity index (χ3n) is 3.49. The van der Waals surface area contributed by atoms with Gasteiger partial charge in [0.25, 0.3) is 11.8 Å². The van der Waals surface area contributed by atoms with E-state index >= 15 is 0 Å². The Balaban J connectivity index is 2.48. The minimum absolute atomic E-state index is 0.0403. The fourth-order valence-electron chi connectivity index (χ4n) is 2.57. The molecule has 2 N–H and O–H groups in total. The zero-order valence-electron chi connectivity index (χ0n) is 13.7. The molecule has 0 aliphatic carbocycles. The van der Waals surface area contributed by atoms with Crippen LogP contribution in [0.2, 0.25) is 0 Å². The second-order valence-corrected chi connectivity index (χ2v) is 6.71. The largest absolute Gasteiger partial charge is 0.364 e. The number of carbonyl (C=O) groups is 2. The van der Waals surface area contributed by atoms with Gasteiger partial charge in [0.15, 0.2) is 0 Å². The molecule has 0 saturated heterocycles. The average molecular weight is 331 g/mol. The van der Waals surface area contributed by atoms with Gasteiger partial charge in [0.05, 0.1) is 0 Å². The summed E-state index contributed by atoms with van der Waals surface area (Å²) in [4.78, 5) is 30.3. The van der Waals surface area contributed by atoms with E-state index in [-0.39, 0.29) is 23.7 Å². The smallest absolute Gasteiger partial charge is 0.268 e. The average Bonchev–Trinajstić information content (AvgIpc) is 2.96. The molecule has 0 aliphatic rings. The van der Waals surface area contributed by atoms with Crippen LogP contribution in [0.3, 0.4) is 0 Å². The first-order valence-corrected chi connectivity index (χ1v) is 8.38. The molecule has 0 spiro atoms.